The Kier molecular flexibility index (Phi) is 5.61. The fourth-order valence-electron chi connectivity index (χ4n) is 2.53. The standard InChI is InChI=1S/C15H23N3OS/c1-3-7-17-8-10-18(11-9-17)15(20)16-13-5-4-6-14(12-13)19-2/h4-6,12H,3,7-11H2,1-2H3,(H,16,20)/p+1. The van der Waals surface area contributed by atoms with Gasteiger partial charge in [0.2, 0.25) is 0 Å². The van der Waals surface area contributed by atoms with Gasteiger partial charge in [-0.2, -0.15) is 0 Å². The van der Waals surface area contributed by atoms with E-state index in [9.17, 15) is 0 Å². The highest BCUT2D eigenvalue weighted by Crippen LogP contribution is 2.17. The Morgan fingerprint density at radius 2 is 2.15 bits per heavy atom. The molecule has 1 heterocycles. The molecule has 1 aliphatic heterocycles. The molecule has 0 amide bonds. The first-order valence-electron chi connectivity index (χ1n) is 7.26. The lowest BCUT2D eigenvalue weighted by atomic mass is 10.3. The number of ether oxygens (including phenoxy) is 1. The van der Waals surface area contributed by atoms with E-state index in [0.29, 0.717) is 0 Å². The largest absolute Gasteiger partial charge is 0.497 e. The molecule has 0 radical (unpaired) electrons. The van der Waals surface area contributed by atoms with Crippen LogP contribution >= 0.6 is 12.2 Å². The van der Waals surface area contributed by atoms with Crippen molar-refractivity contribution in [3.05, 3.63) is 24.3 Å². The van der Waals surface area contributed by atoms with Gasteiger partial charge in [-0.3, -0.25) is 0 Å². The molecule has 0 atom stereocenters. The summed E-state index contributed by atoms with van der Waals surface area (Å²) in [6.45, 7) is 7.93. The molecule has 1 saturated heterocycles. The maximum atomic E-state index is 5.50. The molecule has 0 bridgehead atoms. The van der Waals surface area contributed by atoms with Crippen LogP contribution in [0.4, 0.5) is 5.69 Å². The Bertz CT molecular complexity index is 444. The summed E-state index contributed by atoms with van der Waals surface area (Å²) in [5.74, 6) is 0.843. The van der Waals surface area contributed by atoms with E-state index in [-0.39, 0.29) is 0 Å². The van der Waals surface area contributed by atoms with Gasteiger partial charge in [-0.15, -0.1) is 0 Å². The van der Waals surface area contributed by atoms with Gasteiger partial charge in [0.05, 0.1) is 39.8 Å². The number of nitrogens with one attached hydrogen (secondary N) is 2. The minimum atomic E-state index is 0.814. The van der Waals surface area contributed by atoms with Crippen molar-refractivity contribution in [1.82, 2.24) is 4.90 Å². The number of thiocarbonyl (C=S) groups is 1. The minimum absolute atomic E-state index is 0.814. The summed E-state index contributed by atoms with van der Waals surface area (Å²) in [6, 6.07) is 7.87. The highest BCUT2D eigenvalue weighted by atomic mass is 32.1. The third-order valence-electron chi connectivity index (χ3n) is 3.68. The van der Waals surface area contributed by atoms with Crippen LogP contribution in [-0.4, -0.2) is 49.8 Å². The Morgan fingerprint density at radius 3 is 2.80 bits per heavy atom. The first kappa shape index (κ1) is 15.1. The van der Waals surface area contributed by atoms with Crippen molar-refractivity contribution in [3.8, 4) is 5.75 Å². The maximum absolute atomic E-state index is 5.50. The van der Waals surface area contributed by atoms with Crippen LogP contribution < -0.4 is 15.0 Å². The highest BCUT2D eigenvalue weighted by molar-refractivity contribution is 7.80. The van der Waals surface area contributed by atoms with Crippen LogP contribution in [0.1, 0.15) is 13.3 Å². The average molecular weight is 294 g/mol. The first-order chi connectivity index (χ1) is 9.72. The van der Waals surface area contributed by atoms with Crippen molar-refractivity contribution in [2.75, 3.05) is 45.2 Å². The van der Waals surface area contributed by atoms with Crippen molar-refractivity contribution in [2.45, 2.75) is 13.3 Å². The van der Waals surface area contributed by atoms with Crippen molar-refractivity contribution in [2.24, 2.45) is 0 Å². The Labute approximate surface area is 126 Å². The number of rotatable bonds is 4. The lowest BCUT2D eigenvalue weighted by Crippen LogP contribution is -3.14. The van der Waals surface area contributed by atoms with Gasteiger partial charge in [-0.25, -0.2) is 0 Å². The molecule has 0 unspecified atom stereocenters. The zero-order valence-electron chi connectivity index (χ0n) is 12.3. The quantitative estimate of drug-likeness (QED) is 0.811. The van der Waals surface area contributed by atoms with E-state index in [1.807, 2.05) is 24.3 Å². The molecule has 1 aromatic rings. The summed E-state index contributed by atoms with van der Waals surface area (Å²) in [5.41, 5.74) is 0.984. The predicted octanol–water partition coefficient (Wildman–Crippen LogP) is 1.00. The molecule has 4 nitrogen and oxygen atoms in total. The Balaban J connectivity index is 1.86. The molecule has 1 aromatic carbocycles. The predicted molar refractivity (Wildman–Crippen MR) is 86.6 cm³/mol. The molecule has 0 aromatic heterocycles. The highest BCUT2D eigenvalue weighted by Gasteiger charge is 2.20. The van der Waals surface area contributed by atoms with E-state index in [1.165, 1.54) is 26.1 Å². The summed E-state index contributed by atoms with van der Waals surface area (Å²) in [5, 5.41) is 4.11. The molecule has 2 rings (SSSR count). The van der Waals surface area contributed by atoms with Crippen molar-refractivity contribution >= 4 is 23.0 Å². The average Bonchev–Trinajstić information content (AvgIpc) is 2.48. The van der Waals surface area contributed by atoms with Gasteiger partial charge in [-0.1, -0.05) is 13.0 Å². The number of benzene rings is 1. The molecule has 20 heavy (non-hydrogen) atoms. The number of piperazine rings is 1. The molecule has 1 aliphatic rings. The van der Waals surface area contributed by atoms with Gasteiger partial charge in [0.25, 0.3) is 0 Å². The molecule has 0 saturated carbocycles. The number of nitrogens with zero attached hydrogens (tertiary/aromatic N) is 1. The van der Waals surface area contributed by atoms with Crippen molar-refractivity contribution in [3.63, 3.8) is 0 Å². The van der Waals surface area contributed by atoms with E-state index in [0.717, 1.165) is 29.6 Å². The van der Waals surface area contributed by atoms with E-state index in [2.05, 4.69) is 17.1 Å². The van der Waals surface area contributed by atoms with Crippen LogP contribution in [0.5, 0.6) is 5.75 Å². The second-order valence-electron chi connectivity index (χ2n) is 5.15. The molecule has 110 valence electrons. The third-order valence-corrected chi connectivity index (χ3v) is 4.04. The number of hydrogen-bond donors (Lipinski definition) is 2. The third kappa shape index (κ3) is 4.08. The van der Waals surface area contributed by atoms with Crippen LogP contribution in [0.3, 0.4) is 0 Å². The second kappa shape index (κ2) is 7.45. The van der Waals surface area contributed by atoms with E-state index in [4.69, 9.17) is 17.0 Å². The summed E-state index contributed by atoms with van der Waals surface area (Å²) >= 11 is 5.50. The van der Waals surface area contributed by atoms with Crippen LogP contribution in [0, 0.1) is 0 Å². The van der Waals surface area contributed by atoms with Crippen LogP contribution in [0.25, 0.3) is 0 Å². The normalized spacial score (nSPS) is 16.0. The van der Waals surface area contributed by atoms with Gasteiger partial charge >= 0.3 is 0 Å². The monoisotopic (exact) mass is 294 g/mol. The summed E-state index contributed by atoms with van der Waals surface area (Å²) in [4.78, 5) is 3.95. The Morgan fingerprint density at radius 1 is 1.40 bits per heavy atom. The first-order valence-corrected chi connectivity index (χ1v) is 7.67. The number of hydrogen-bond acceptors (Lipinski definition) is 2. The zero-order valence-corrected chi connectivity index (χ0v) is 13.1. The molecule has 0 spiro atoms. The summed E-state index contributed by atoms with van der Waals surface area (Å²) in [7, 11) is 1.67. The van der Waals surface area contributed by atoms with E-state index >= 15 is 0 Å². The van der Waals surface area contributed by atoms with Crippen LogP contribution in [0.15, 0.2) is 24.3 Å². The topological polar surface area (TPSA) is 28.9 Å². The fourth-order valence-corrected chi connectivity index (χ4v) is 2.83. The lowest BCUT2D eigenvalue weighted by molar-refractivity contribution is -0.903. The number of quaternary nitrogens is 1. The van der Waals surface area contributed by atoms with Gasteiger partial charge in [-0.05, 0) is 30.8 Å². The van der Waals surface area contributed by atoms with Gasteiger partial charge in [0.1, 0.15) is 5.75 Å². The van der Waals surface area contributed by atoms with Crippen molar-refractivity contribution < 1.29 is 9.64 Å². The van der Waals surface area contributed by atoms with E-state index < -0.39 is 0 Å². The summed E-state index contributed by atoms with van der Waals surface area (Å²) in [6.07, 6.45) is 1.25. The van der Waals surface area contributed by atoms with Gasteiger partial charge < -0.3 is 19.9 Å². The van der Waals surface area contributed by atoms with Gasteiger partial charge in [0, 0.05) is 11.8 Å². The van der Waals surface area contributed by atoms with Crippen LogP contribution in [0.2, 0.25) is 0 Å². The van der Waals surface area contributed by atoms with Crippen LogP contribution in [-0.2, 0) is 0 Å². The molecular formula is C15H24N3OS+. The lowest BCUT2D eigenvalue weighted by Gasteiger charge is -2.33. The molecule has 1 fully saturated rings. The van der Waals surface area contributed by atoms with E-state index in [1.54, 1.807) is 12.0 Å². The minimum Gasteiger partial charge on any atom is -0.497 e. The second-order valence-corrected chi connectivity index (χ2v) is 5.54. The van der Waals surface area contributed by atoms with Crippen molar-refractivity contribution in [1.29, 1.82) is 0 Å². The fraction of sp³-hybridized carbons (Fsp3) is 0.533. The van der Waals surface area contributed by atoms with Gasteiger partial charge in [0.15, 0.2) is 5.11 Å². The molecular weight excluding hydrogens is 270 g/mol. The molecule has 2 N–H and O–H groups in total. The maximum Gasteiger partial charge on any atom is 0.173 e. The Hall–Kier alpha value is -1.33. The SMILES string of the molecule is CCC[NH+]1CCN(C(=S)Nc2cccc(OC)c2)CC1. The smallest absolute Gasteiger partial charge is 0.173 e. The zero-order chi connectivity index (χ0) is 14.4. The number of methoxy groups -OCH3 is 1. The molecule has 0 aliphatic carbocycles. The number of anilines is 1. The summed E-state index contributed by atoms with van der Waals surface area (Å²) < 4.78 is 5.22. The molecule has 5 heteroatoms.